The van der Waals surface area contributed by atoms with Crippen LogP contribution in [-0.4, -0.2) is 46.3 Å². The zero-order valence-electron chi connectivity index (χ0n) is 15.6. The number of fused-ring (bicyclic) bond motifs is 3. The summed E-state index contributed by atoms with van der Waals surface area (Å²) in [6, 6.07) is 7.20. The Hall–Kier alpha value is -3.16. The summed E-state index contributed by atoms with van der Waals surface area (Å²) in [7, 11) is 0. The molecule has 0 unspecified atom stereocenters. The smallest absolute Gasteiger partial charge is 0.347 e. The standard InChI is InChI=1S/C20H21N3O5/c1-2-27-19(25)13-7-9-22(10-8-13)17(24)12-23-18-14-5-3-4-6-16(14)28-20(26)15(18)11-21-23/h3-6,11,13H,2,7-10,12H2,1H3. The molecule has 0 spiro atoms. The van der Waals surface area contributed by atoms with Crippen LogP contribution < -0.4 is 5.63 Å². The third-order valence-electron chi connectivity index (χ3n) is 5.16. The van der Waals surface area contributed by atoms with Gasteiger partial charge in [-0.3, -0.25) is 14.3 Å². The lowest BCUT2D eigenvalue weighted by Gasteiger charge is -2.30. The van der Waals surface area contributed by atoms with E-state index in [0.717, 1.165) is 5.39 Å². The van der Waals surface area contributed by atoms with Crippen LogP contribution >= 0.6 is 0 Å². The molecule has 3 heterocycles. The lowest BCUT2D eigenvalue weighted by Crippen LogP contribution is -2.42. The zero-order chi connectivity index (χ0) is 19.7. The Balaban J connectivity index is 1.54. The van der Waals surface area contributed by atoms with Crippen LogP contribution in [0, 0.1) is 5.92 Å². The number of likely N-dealkylation sites (tertiary alicyclic amines) is 1. The number of hydrogen-bond acceptors (Lipinski definition) is 6. The van der Waals surface area contributed by atoms with Crippen LogP contribution in [0.2, 0.25) is 0 Å². The number of rotatable bonds is 4. The van der Waals surface area contributed by atoms with Gasteiger partial charge in [-0.15, -0.1) is 0 Å². The maximum atomic E-state index is 12.8. The van der Waals surface area contributed by atoms with E-state index in [4.69, 9.17) is 9.15 Å². The van der Waals surface area contributed by atoms with E-state index in [2.05, 4.69) is 5.10 Å². The van der Waals surface area contributed by atoms with Gasteiger partial charge in [0.2, 0.25) is 5.91 Å². The fraction of sp³-hybridized carbons (Fsp3) is 0.400. The van der Waals surface area contributed by atoms with Gasteiger partial charge >= 0.3 is 11.6 Å². The lowest BCUT2D eigenvalue weighted by molar-refractivity contribution is -0.151. The van der Waals surface area contributed by atoms with Crippen molar-refractivity contribution >= 4 is 33.7 Å². The summed E-state index contributed by atoms with van der Waals surface area (Å²) in [6.45, 7) is 3.19. The molecule has 0 bridgehead atoms. The third kappa shape index (κ3) is 3.26. The van der Waals surface area contributed by atoms with Crippen molar-refractivity contribution in [3.8, 4) is 0 Å². The summed E-state index contributed by atoms with van der Waals surface area (Å²) in [5, 5.41) is 5.34. The topological polar surface area (TPSA) is 94.6 Å². The van der Waals surface area contributed by atoms with Crippen molar-refractivity contribution < 1.29 is 18.7 Å². The van der Waals surface area contributed by atoms with Crippen molar-refractivity contribution in [2.75, 3.05) is 19.7 Å². The van der Waals surface area contributed by atoms with Crippen LogP contribution in [0.3, 0.4) is 0 Å². The number of esters is 1. The van der Waals surface area contributed by atoms with Crippen molar-refractivity contribution in [2.45, 2.75) is 26.3 Å². The van der Waals surface area contributed by atoms with E-state index in [1.165, 1.54) is 6.20 Å². The number of benzene rings is 1. The highest BCUT2D eigenvalue weighted by atomic mass is 16.5. The summed E-state index contributed by atoms with van der Waals surface area (Å²) < 4.78 is 11.9. The van der Waals surface area contributed by atoms with Gasteiger partial charge in [0.05, 0.1) is 24.2 Å². The maximum absolute atomic E-state index is 12.8. The predicted molar refractivity (Wildman–Crippen MR) is 102 cm³/mol. The average molecular weight is 383 g/mol. The van der Waals surface area contributed by atoms with Crippen molar-refractivity contribution in [1.29, 1.82) is 0 Å². The Morgan fingerprint density at radius 2 is 1.96 bits per heavy atom. The van der Waals surface area contributed by atoms with Gasteiger partial charge in [0.25, 0.3) is 0 Å². The summed E-state index contributed by atoms with van der Waals surface area (Å²) >= 11 is 0. The molecule has 146 valence electrons. The van der Waals surface area contributed by atoms with Crippen LogP contribution in [-0.2, 0) is 20.9 Å². The highest BCUT2D eigenvalue weighted by Crippen LogP contribution is 2.23. The summed E-state index contributed by atoms with van der Waals surface area (Å²) in [5.74, 6) is -0.432. The normalized spacial score (nSPS) is 15.2. The number of para-hydroxylation sites is 1. The number of piperidine rings is 1. The van der Waals surface area contributed by atoms with Gasteiger partial charge in [-0.05, 0) is 31.9 Å². The Morgan fingerprint density at radius 3 is 2.71 bits per heavy atom. The molecule has 28 heavy (non-hydrogen) atoms. The van der Waals surface area contributed by atoms with E-state index in [1.807, 2.05) is 12.1 Å². The van der Waals surface area contributed by atoms with Gasteiger partial charge in [-0.25, -0.2) is 4.79 Å². The molecule has 1 aliphatic rings. The molecule has 2 aromatic heterocycles. The summed E-state index contributed by atoms with van der Waals surface area (Å²) in [5.41, 5.74) is 0.591. The number of hydrogen-bond donors (Lipinski definition) is 0. The van der Waals surface area contributed by atoms with Crippen molar-refractivity contribution in [2.24, 2.45) is 5.92 Å². The van der Waals surface area contributed by atoms with Gasteiger partial charge in [-0.2, -0.15) is 5.10 Å². The minimum Gasteiger partial charge on any atom is -0.466 e. The van der Waals surface area contributed by atoms with Crippen molar-refractivity contribution in [3.63, 3.8) is 0 Å². The van der Waals surface area contributed by atoms with E-state index < -0.39 is 5.63 Å². The second kappa shape index (κ2) is 7.46. The number of amides is 1. The van der Waals surface area contributed by atoms with Gasteiger partial charge in [0.1, 0.15) is 17.5 Å². The molecule has 0 radical (unpaired) electrons. The molecule has 1 fully saturated rings. The molecular weight excluding hydrogens is 362 g/mol. The van der Waals surface area contributed by atoms with Gasteiger partial charge < -0.3 is 14.1 Å². The van der Waals surface area contributed by atoms with E-state index in [-0.39, 0.29) is 24.3 Å². The molecule has 0 atom stereocenters. The first-order chi connectivity index (χ1) is 13.6. The minimum absolute atomic E-state index is 0.0288. The molecule has 1 aliphatic heterocycles. The fourth-order valence-corrected chi connectivity index (χ4v) is 3.70. The van der Waals surface area contributed by atoms with Gasteiger partial charge in [0, 0.05) is 18.5 Å². The molecule has 1 saturated heterocycles. The van der Waals surface area contributed by atoms with Crippen LogP contribution in [0.5, 0.6) is 0 Å². The largest absolute Gasteiger partial charge is 0.466 e. The number of carbonyl (C=O) groups is 2. The molecular formula is C20H21N3O5. The summed E-state index contributed by atoms with van der Waals surface area (Å²) in [4.78, 5) is 38.6. The summed E-state index contributed by atoms with van der Waals surface area (Å²) in [6.07, 6.45) is 2.63. The fourth-order valence-electron chi connectivity index (χ4n) is 3.70. The van der Waals surface area contributed by atoms with Gasteiger partial charge in [-0.1, -0.05) is 12.1 Å². The predicted octanol–water partition coefficient (Wildman–Crippen LogP) is 1.94. The third-order valence-corrected chi connectivity index (χ3v) is 5.16. The molecule has 1 aromatic carbocycles. The first-order valence-corrected chi connectivity index (χ1v) is 9.40. The second-order valence-electron chi connectivity index (χ2n) is 6.86. The Kier molecular flexibility index (Phi) is 4.85. The average Bonchev–Trinajstić information content (AvgIpc) is 3.13. The van der Waals surface area contributed by atoms with Crippen LogP contribution in [0.15, 0.2) is 39.7 Å². The molecule has 8 nitrogen and oxygen atoms in total. The van der Waals surface area contributed by atoms with E-state index >= 15 is 0 Å². The minimum atomic E-state index is -0.470. The van der Waals surface area contributed by atoms with Crippen LogP contribution in [0.25, 0.3) is 21.9 Å². The molecule has 8 heteroatoms. The van der Waals surface area contributed by atoms with Gasteiger partial charge in [0.15, 0.2) is 0 Å². The first kappa shape index (κ1) is 18.2. The monoisotopic (exact) mass is 383 g/mol. The maximum Gasteiger partial charge on any atom is 0.347 e. The van der Waals surface area contributed by atoms with Crippen molar-refractivity contribution in [1.82, 2.24) is 14.7 Å². The number of nitrogens with zero attached hydrogens (tertiary/aromatic N) is 3. The second-order valence-corrected chi connectivity index (χ2v) is 6.86. The zero-order valence-corrected chi connectivity index (χ0v) is 15.6. The van der Waals surface area contributed by atoms with Crippen LogP contribution in [0.1, 0.15) is 19.8 Å². The molecule has 0 saturated carbocycles. The number of aromatic nitrogens is 2. The number of ether oxygens (including phenoxy) is 1. The number of carbonyl (C=O) groups excluding carboxylic acids is 2. The molecule has 3 aromatic rings. The van der Waals surface area contributed by atoms with E-state index in [0.29, 0.717) is 49.0 Å². The molecule has 1 amide bonds. The molecule has 0 N–H and O–H groups in total. The Labute approximate surface area is 160 Å². The highest BCUT2D eigenvalue weighted by Gasteiger charge is 2.28. The van der Waals surface area contributed by atoms with E-state index in [1.54, 1.807) is 28.6 Å². The molecule has 0 aliphatic carbocycles. The lowest BCUT2D eigenvalue weighted by atomic mass is 9.97. The van der Waals surface area contributed by atoms with Crippen LogP contribution in [0.4, 0.5) is 0 Å². The van der Waals surface area contributed by atoms with Crippen molar-refractivity contribution in [3.05, 3.63) is 40.9 Å². The SMILES string of the molecule is CCOC(=O)C1CCN(C(=O)Cn2ncc3c(=O)oc4ccccc4c32)CC1. The Bertz CT molecular complexity index is 1090. The van der Waals surface area contributed by atoms with E-state index in [9.17, 15) is 14.4 Å². The quantitative estimate of drug-likeness (QED) is 0.505. The highest BCUT2D eigenvalue weighted by molar-refractivity contribution is 6.02. The molecule has 4 rings (SSSR count). The first-order valence-electron chi connectivity index (χ1n) is 9.40. The Morgan fingerprint density at radius 1 is 1.21 bits per heavy atom.